The number of ether oxygens (including phenoxy) is 1. The summed E-state index contributed by atoms with van der Waals surface area (Å²) in [5.74, 6) is -0.0779. The zero-order chi connectivity index (χ0) is 13.9. The maximum Gasteiger partial charge on any atom is 0.326 e. The van der Waals surface area contributed by atoms with Gasteiger partial charge in [0, 0.05) is 12.1 Å². The van der Waals surface area contributed by atoms with Crippen LogP contribution in [0.4, 0.5) is 0 Å². The lowest BCUT2D eigenvalue weighted by atomic mass is 9.78. The highest BCUT2D eigenvalue weighted by Crippen LogP contribution is 2.37. The van der Waals surface area contributed by atoms with E-state index in [0.717, 1.165) is 38.4 Å². The van der Waals surface area contributed by atoms with Crippen LogP contribution in [0.2, 0.25) is 0 Å². The largest absolute Gasteiger partial charge is 0.468 e. The molecule has 0 bridgehead atoms. The van der Waals surface area contributed by atoms with E-state index in [2.05, 4.69) is 24.1 Å². The number of likely N-dealkylation sites (N-methyl/N-ethyl adjacent to an activating group) is 1. The molecule has 2 atom stereocenters. The average molecular weight is 268 g/mol. The first-order valence-corrected chi connectivity index (χ1v) is 7.76. The monoisotopic (exact) mass is 268 g/mol. The van der Waals surface area contributed by atoms with Crippen molar-refractivity contribution < 1.29 is 9.53 Å². The third kappa shape index (κ3) is 3.11. The molecular weight excluding hydrogens is 240 g/mol. The first kappa shape index (κ1) is 14.8. The summed E-state index contributed by atoms with van der Waals surface area (Å²) in [5, 5.41) is 3.42. The highest BCUT2D eigenvalue weighted by atomic mass is 16.5. The second kappa shape index (κ2) is 6.23. The average Bonchev–Trinajstić information content (AvgIpc) is 3.24. The summed E-state index contributed by atoms with van der Waals surface area (Å²) in [7, 11) is 1.50. The highest BCUT2D eigenvalue weighted by molar-refractivity contribution is 5.81. The Morgan fingerprint density at radius 2 is 2.05 bits per heavy atom. The van der Waals surface area contributed by atoms with Gasteiger partial charge in [0.25, 0.3) is 0 Å². The molecule has 0 radical (unpaired) electrons. The topological polar surface area (TPSA) is 41.6 Å². The van der Waals surface area contributed by atoms with Crippen molar-refractivity contribution >= 4 is 5.97 Å². The van der Waals surface area contributed by atoms with E-state index in [1.165, 1.54) is 26.4 Å². The fourth-order valence-corrected chi connectivity index (χ4v) is 3.70. The van der Waals surface area contributed by atoms with Crippen molar-refractivity contribution in [3.8, 4) is 0 Å². The van der Waals surface area contributed by atoms with E-state index in [1.807, 2.05) is 0 Å². The first-order chi connectivity index (χ1) is 9.16. The fraction of sp³-hybridized carbons (Fsp3) is 0.933. The molecule has 0 saturated heterocycles. The number of methoxy groups -OCH3 is 1. The lowest BCUT2D eigenvalue weighted by Gasteiger charge is -2.43. The molecule has 0 aliphatic heterocycles. The van der Waals surface area contributed by atoms with Gasteiger partial charge in [0.15, 0.2) is 0 Å². The van der Waals surface area contributed by atoms with Crippen LogP contribution in [0, 0.1) is 0 Å². The second-order valence-corrected chi connectivity index (χ2v) is 5.92. The normalized spacial score (nSPS) is 31.5. The maximum atomic E-state index is 12.2. The third-order valence-corrected chi connectivity index (χ3v) is 4.67. The number of nitrogens with zero attached hydrogens (tertiary/aromatic N) is 1. The van der Waals surface area contributed by atoms with Crippen LogP contribution < -0.4 is 5.32 Å². The number of rotatable bonds is 6. The van der Waals surface area contributed by atoms with Crippen molar-refractivity contribution in [3.63, 3.8) is 0 Å². The van der Waals surface area contributed by atoms with Crippen molar-refractivity contribution in [1.82, 2.24) is 10.2 Å². The minimum absolute atomic E-state index is 0.0779. The van der Waals surface area contributed by atoms with Gasteiger partial charge in [-0.1, -0.05) is 13.8 Å². The van der Waals surface area contributed by atoms with E-state index < -0.39 is 5.54 Å². The van der Waals surface area contributed by atoms with Gasteiger partial charge in [0.1, 0.15) is 5.54 Å². The minimum atomic E-state index is -0.450. The molecule has 2 aliphatic rings. The predicted octanol–water partition coefficient (Wildman–Crippen LogP) is 1.93. The molecule has 2 aliphatic carbocycles. The number of nitrogens with one attached hydrogen (secondary N) is 1. The van der Waals surface area contributed by atoms with Gasteiger partial charge in [0.2, 0.25) is 0 Å². The molecule has 0 heterocycles. The Hall–Kier alpha value is -0.610. The summed E-state index contributed by atoms with van der Waals surface area (Å²) in [6.45, 7) is 6.21. The summed E-state index contributed by atoms with van der Waals surface area (Å²) < 4.78 is 5.06. The van der Waals surface area contributed by atoms with Crippen molar-refractivity contribution in [2.75, 3.05) is 20.2 Å². The fourth-order valence-electron chi connectivity index (χ4n) is 3.70. The van der Waals surface area contributed by atoms with E-state index in [-0.39, 0.29) is 5.97 Å². The van der Waals surface area contributed by atoms with Crippen LogP contribution in [0.15, 0.2) is 0 Å². The van der Waals surface area contributed by atoms with E-state index >= 15 is 0 Å². The Balaban J connectivity index is 2.09. The number of esters is 1. The summed E-state index contributed by atoms with van der Waals surface area (Å²) in [4.78, 5) is 14.8. The van der Waals surface area contributed by atoms with Crippen LogP contribution in [0.3, 0.4) is 0 Å². The van der Waals surface area contributed by atoms with Gasteiger partial charge in [-0.2, -0.15) is 0 Å². The van der Waals surface area contributed by atoms with Crippen LogP contribution in [0.5, 0.6) is 0 Å². The zero-order valence-corrected chi connectivity index (χ0v) is 12.6. The second-order valence-electron chi connectivity index (χ2n) is 5.92. The smallest absolute Gasteiger partial charge is 0.326 e. The minimum Gasteiger partial charge on any atom is -0.468 e. The molecule has 2 unspecified atom stereocenters. The van der Waals surface area contributed by atoms with E-state index in [1.54, 1.807) is 0 Å². The van der Waals surface area contributed by atoms with E-state index in [0.29, 0.717) is 6.04 Å². The van der Waals surface area contributed by atoms with Gasteiger partial charge >= 0.3 is 5.97 Å². The van der Waals surface area contributed by atoms with Crippen LogP contribution in [0.25, 0.3) is 0 Å². The molecule has 4 nitrogen and oxygen atoms in total. The van der Waals surface area contributed by atoms with Crippen molar-refractivity contribution in [2.45, 2.75) is 70.0 Å². The molecule has 0 aromatic rings. The molecule has 1 N–H and O–H groups in total. The molecule has 0 aromatic carbocycles. The van der Waals surface area contributed by atoms with Crippen LogP contribution in [0.1, 0.15) is 52.4 Å². The molecule has 2 saturated carbocycles. The number of carbonyl (C=O) groups excluding carboxylic acids is 1. The Morgan fingerprint density at radius 1 is 1.32 bits per heavy atom. The van der Waals surface area contributed by atoms with E-state index in [9.17, 15) is 4.79 Å². The maximum absolute atomic E-state index is 12.2. The lowest BCUT2D eigenvalue weighted by molar-refractivity contribution is -0.151. The standard InChI is InChI=1S/C15H28N2O2/c1-4-16-15(14(18)19-3)10-6-7-13(11-15)17(5-2)12-8-9-12/h12-13,16H,4-11H2,1-3H3. The van der Waals surface area contributed by atoms with E-state index in [4.69, 9.17) is 4.74 Å². The number of hydrogen-bond acceptors (Lipinski definition) is 4. The Labute approximate surface area is 116 Å². The molecule has 2 fully saturated rings. The van der Waals surface area contributed by atoms with Gasteiger partial charge < -0.3 is 10.1 Å². The predicted molar refractivity (Wildman–Crippen MR) is 76.1 cm³/mol. The summed E-state index contributed by atoms with van der Waals surface area (Å²) in [6.07, 6.45) is 6.79. The van der Waals surface area contributed by atoms with Gasteiger partial charge in [-0.05, 0) is 51.6 Å². The Bertz CT molecular complexity index is 313. The quantitative estimate of drug-likeness (QED) is 0.748. The third-order valence-electron chi connectivity index (χ3n) is 4.67. The highest BCUT2D eigenvalue weighted by Gasteiger charge is 2.46. The summed E-state index contributed by atoms with van der Waals surface area (Å²) >= 11 is 0. The van der Waals surface area contributed by atoms with Crippen LogP contribution >= 0.6 is 0 Å². The van der Waals surface area contributed by atoms with Gasteiger partial charge in [-0.25, -0.2) is 0 Å². The Kier molecular flexibility index (Phi) is 4.85. The SMILES string of the molecule is CCNC1(C(=O)OC)CCCC(N(CC)C2CC2)C1. The zero-order valence-electron chi connectivity index (χ0n) is 12.6. The molecule has 0 aromatic heterocycles. The van der Waals surface area contributed by atoms with Crippen LogP contribution in [-0.4, -0.2) is 48.7 Å². The first-order valence-electron chi connectivity index (χ1n) is 7.76. The molecule has 110 valence electrons. The summed E-state index contributed by atoms with van der Waals surface area (Å²) in [5.41, 5.74) is -0.450. The molecule has 0 spiro atoms. The van der Waals surface area contributed by atoms with Crippen molar-refractivity contribution in [2.24, 2.45) is 0 Å². The molecule has 2 rings (SSSR count). The number of hydrogen-bond donors (Lipinski definition) is 1. The van der Waals surface area contributed by atoms with Gasteiger partial charge in [0.05, 0.1) is 7.11 Å². The molecule has 0 amide bonds. The van der Waals surface area contributed by atoms with Crippen molar-refractivity contribution in [1.29, 1.82) is 0 Å². The lowest BCUT2D eigenvalue weighted by Crippen LogP contribution is -2.59. The number of carbonyl (C=O) groups is 1. The Morgan fingerprint density at radius 3 is 2.58 bits per heavy atom. The van der Waals surface area contributed by atoms with Gasteiger partial charge in [-0.15, -0.1) is 0 Å². The van der Waals surface area contributed by atoms with Crippen molar-refractivity contribution in [3.05, 3.63) is 0 Å². The summed E-state index contributed by atoms with van der Waals surface area (Å²) in [6, 6.07) is 1.30. The molecule has 4 heteroatoms. The molecular formula is C15H28N2O2. The van der Waals surface area contributed by atoms with Gasteiger partial charge in [-0.3, -0.25) is 9.69 Å². The van der Waals surface area contributed by atoms with Crippen LogP contribution in [-0.2, 0) is 9.53 Å². The molecule has 19 heavy (non-hydrogen) atoms.